The van der Waals surface area contributed by atoms with Crippen LogP contribution in [0.4, 0.5) is 11.6 Å². The first-order valence-corrected chi connectivity index (χ1v) is 12.0. The largest absolute Gasteiger partial charge is 0.468 e. The highest BCUT2D eigenvalue weighted by atomic mass is 16.5. The molecule has 0 fully saturated rings. The minimum atomic E-state index is -0.964. The van der Waals surface area contributed by atoms with E-state index >= 15 is 0 Å². The number of benzene rings is 1. The highest BCUT2D eigenvalue weighted by Crippen LogP contribution is 2.25. The zero-order chi connectivity index (χ0) is 25.4. The summed E-state index contributed by atoms with van der Waals surface area (Å²) in [4.78, 5) is 39.4. The first kappa shape index (κ1) is 23.7. The summed E-state index contributed by atoms with van der Waals surface area (Å²) in [6.07, 6.45) is 2.51. The number of carbonyl (C=O) groups excluding carboxylic acids is 1. The van der Waals surface area contributed by atoms with Crippen LogP contribution in [0.3, 0.4) is 0 Å². The van der Waals surface area contributed by atoms with Crippen molar-refractivity contribution in [3.8, 4) is 5.82 Å². The van der Waals surface area contributed by atoms with Crippen molar-refractivity contribution in [3.05, 3.63) is 69.8 Å². The number of hydrogen-bond acceptors (Lipinski definition) is 8. The summed E-state index contributed by atoms with van der Waals surface area (Å²) in [7, 11) is 1.35. The quantitative estimate of drug-likeness (QED) is 0.399. The van der Waals surface area contributed by atoms with Crippen LogP contribution in [-0.4, -0.2) is 43.9 Å². The van der Waals surface area contributed by atoms with Crippen molar-refractivity contribution >= 4 is 28.6 Å². The second-order valence-electron chi connectivity index (χ2n) is 9.30. The van der Waals surface area contributed by atoms with E-state index in [0.29, 0.717) is 35.0 Å². The number of nitrogens with zero attached hydrogens (tertiary/aromatic N) is 5. The number of carbonyl (C=O) groups is 1. The van der Waals surface area contributed by atoms with E-state index < -0.39 is 11.4 Å². The highest BCUT2D eigenvalue weighted by Gasteiger charge is 2.33. The van der Waals surface area contributed by atoms with Gasteiger partial charge in [-0.25, -0.2) is 19.3 Å². The standard InChI is InChI=1S/C26H29N7O3/c1-5-32-23(34)19-15-28-25(29-18-10-9-17-14-27-12-11-16(17)13-18)31-22(19)33(32)21-8-6-7-20(30-21)26(2,3)24(35)36-4/h6-10,13,15,27H,5,11-12,14H2,1-4H3,(H,28,29,31). The number of nitrogens with one attached hydrogen (secondary N) is 2. The van der Waals surface area contributed by atoms with Gasteiger partial charge >= 0.3 is 5.97 Å². The van der Waals surface area contributed by atoms with Gasteiger partial charge in [-0.3, -0.25) is 9.59 Å². The fourth-order valence-corrected chi connectivity index (χ4v) is 4.54. The van der Waals surface area contributed by atoms with Crippen LogP contribution in [-0.2, 0) is 34.5 Å². The molecule has 0 atom stereocenters. The third kappa shape index (κ3) is 4.03. The summed E-state index contributed by atoms with van der Waals surface area (Å²) < 4.78 is 8.21. The number of ether oxygens (including phenoxy) is 1. The van der Waals surface area contributed by atoms with Crippen molar-refractivity contribution in [2.45, 2.75) is 45.7 Å². The van der Waals surface area contributed by atoms with Crippen LogP contribution in [0.2, 0.25) is 0 Å². The number of esters is 1. The van der Waals surface area contributed by atoms with Crippen molar-refractivity contribution in [1.82, 2.24) is 29.6 Å². The van der Waals surface area contributed by atoms with Gasteiger partial charge in [-0.1, -0.05) is 12.1 Å². The van der Waals surface area contributed by atoms with Crippen molar-refractivity contribution in [1.29, 1.82) is 0 Å². The predicted octanol–water partition coefficient (Wildman–Crippen LogP) is 2.84. The first-order valence-electron chi connectivity index (χ1n) is 12.0. The molecule has 186 valence electrons. The number of aromatic nitrogens is 5. The van der Waals surface area contributed by atoms with Gasteiger partial charge in [-0.05, 0) is 69.1 Å². The Labute approximate surface area is 208 Å². The van der Waals surface area contributed by atoms with Crippen molar-refractivity contribution < 1.29 is 9.53 Å². The van der Waals surface area contributed by atoms with Crippen molar-refractivity contribution in [3.63, 3.8) is 0 Å². The number of methoxy groups -OCH3 is 1. The van der Waals surface area contributed by atoms with E-state index in [9.17, 15) is 9.59 Å². The Kier molecular flexibility index (Phi) is 6.05. The van der Waals surface area contributed by atoms with Gasteiger partial charge in [0.2, 0.25) is 5.95 Å². The molecule has 4 heterocycles. The summed E-state index contributed by atoms with van der Waals surface area (Å²) in [5, 5.41) is 7.04. The minimum Gasteiger partial charge on any atom is -0.468 e. The lowest BCUT2D eigenvalue weighted by atomic mass is 9.89. The molecule has 0 unspecified atom stereocenters. The molecule has 0 bridgehead atoms. The van der Waals surface area contributed by atoms with Gasteiger partial charge in [-0.15, -0.1) is 0 Å². The van der Waals surface area contributed by atoms with Crippen LogP contribution >= 0.6 is 0 Å². The zero-order valence-corrected chi connectivity index (χ0v) is 20.8. The second kappa shape index (κ2) is 9.19. The Bertz CT molecular complexity index is 1520. The summed E-state index contributed by atoms with van der Waals surface area (Å²) in [5.74, 6) is 0.459. The van der Waals surface area contributed by atoms with E-state index in [0.717, 1.165) is 25.2 Å². The van der Waals surface area contributed by atoms with Crippen LogP contribution in [0, 0.1) is 0 Å². The van der Waals surface area contributed by atoms with Gasteiger partial charge in [0, 0.05) is 25.0 Å². The third-order valence-electron chi connectivity index (χ3n) is 6.61. The first-order chi connectivity index (χ1) is 17.3. The molecule has 0 radical (unpaired) electrons. The van der Waals surface area contributed by atoms with E-state index in [1.54, 1.807) is 47.6 Å². The molecular weight excluding hydrogens is 458 g/mol. The maximum Gasteiger partial charge on any atom is 0.317 e. The topological polar surface area (TPSA) is 116 Å². The molecule has 1 aliphatic heterocycles. The smallest absolute Gasteiger partial charge is 0.317 e. The van der Waals surface area contributed by atoms with Crippen molar-refractivity contribution in [2.24, 2.45) is 0 Å². The number of rotatable bonds is 6. The molecule has 10 heteroatoms. The normalized spacial score (nSPS) is 13.4. The summed E-state index contributed by atoms with van der Waals surface area (Å²) >= 11 is 0. The van der Waals surface area contributed by atoms with Crippen LogP contribution in [0.15, 0.2) is 47.4 Å². The molecule has 2 N–H and O–H groups in total. The highest BCUT2D eigenvalue weighted by molar-refractivity contribution is 5.81. The Balaban J connectivity index is 1.59. The van der Waals surface area contributed by atoms with Crippen LogP contribution < -0.4 is 16.2 Å². The average Bonchev–Trinajstić information content (AvgIpc) is 3.18. The molecule has 4 aromatic rings. The minimum absolute atomic E-state index is 0.209. The lowest BCUT2D eigenvalue weighted by Crippen LogP contribution is -2.32. The van der Waals surface area contributed by atoms with Gasteiger partial charge in [0.25, 0.3) is 5.56 Å². The molecule has 0 spiro atoms. The fourth-order valence-electron chi connectivity index (χ4n) is 4.54. The molecule has 1 aromatic carbocycles. The Morgan fingerprint density at radius 3 is 2.81 bits per heavy atom. The molecule has 3 aromatic heterocycles. The molecule has 0 saturated carbocycles. The Hall–Kier alpha value is -4.05. The number of hydrogen-bond donors (Lipinski definition) is 2. The average molecular weight is 488 g/mol. The van der Waals surface area contributed by atoms with E-state index in [2.05, 4.69) is 27.8 Å². The van der Waals surface area contributed by atoms with Gasteiger partial charge in [0.05, 0.1) is 12.8 Å². The van der Waals surface area contributed by atoms with Crippen molar-refractivity contribution in [2.75, 3.05) is 19.0 Å². The maximum atomic E-state index is 13.2. The third-order valence-corrected chi connectivity index (χ3v) is 6.61. The van der Waals surface area contributed by atoms with E-state index in [1.165, 1.54) is 18.2 Å². The van der Waals surface area contributed by atoms with E-state index in [1.807, 2.05) is 13.0 Å². The molecule has 0 aliphatic carbocycles. The van der Waals surface area contributed by atoms with Gasteiger partial charge in [0.1, 0.15) is 10.8 Å². The lowest BCUT2D eigenvalue weighted by molar-refractivity contribution is -0.146. The lowest BCUT2D eigenvalue weighted by Gasteiger charge is -2.21. The number of pyridine rings is 1. The maximum absolute atomic E-state index is 13.2. The van der Waals surface area contributed by atoms with E-state index in [4.69, 9.17) is 14.7 Å². The monoisotopic (exact) mass is 487 g/mol. The van der Waals surface area contributed by atoms with Crippen LogP contribution in [0.5, 0.6) is 0 Å². The SMILES string of the molecule is CCn1c(=O)c2cnc(Nc3ccc4c(c3)CCNC4)nc2n1-c1cccc(C(C)(C)C(=O)OC)n1. The molecule has 0 saturated heterocycles. The molecule has 5 rings (SSSR count). The molecular formula is C26H29N7O3. The number of fused-ring (bicyclic) bond motifs is 2. The summed E-state index contributed by atoms with van der Waals surface area (Å²) in [5.41, 5.74) is 3.26. The Morgan fingerprint density at radius 1 is 1.19 bits per heavy atom. The predicted molar refractivity (Wildman–Crippen MR) is 137 cm³/mol. The summed E-state index contributed by atoms with van der Waals surface area (Å²) in [6, 6.07) is 11.6. The fraction of sp³-hybridized carbons (Fsp3) is 0.346. The van der Waals surface area contributed by atoms with Gasteiger partial charge in [-0.2, -0.15) is 4.98 Å². The second-order valence-corrected chi connectivity index (χ2v) is 9.30. The summed E-state index contributed by atoms with van der Waals surface area (Å²) in [6.45, 7) is 7.62. The Morgan fingerprint density at radius 2 is 2.03 bits per heavy atom. The van der Waals surface area contributed by atoms with Gasteiger partial charge in [0.15, 0.2) is 11.5 Å². The van der Waals surface area contributed by atoms with Crippen LogP contribution in [0.1, 0.15) is 37.6 Å². The molecule has 0 amide bonds. The van der Waals surface area contributed by atoms with Gasteiger partial charge < -0.3 is 15.4 Å². The molecule has 36 heavy (non-hydrogen) atoms. The molecule has 10 nitrogen and oxygen atoms in total. The molecule has 1 aliphatic rings. The number of anilines is 2. The zero-order valence-electron chi connectivity index (χ0n) is 20.8. The van der Waals surface area contributed by atoms with E-state index in [-0.39, 0.29) is 5.56 Å². The van der Waals surface area contributed by atoms with Crippen LogP contribution in [0.25, 0.3) is 16.9 Å².